The normalized spacial score (nSPS) is 27.6. The highest BCUT2D eigenvalue weighted by molar-refractivity contribution is 8.77. The van der Waals surface area contributed by atoms with Crippen molar-refractivity contribution >= 4 is 96.3 Å². The molecule has 262 valence electrons. The van der Waals surface area contributed by atoms with Crippen LogP contribution >= 0.6 is 55.1 Å². The van der Waals surface area contributed by atoms with Crippen LogP contribution in [0.2, 0.25) is 0 Å². The number of carbonyl (C=O) groups is 7. The topological polar surface area (TPSA) is 246 Å². The van der Waals surface area contributed by atoms with Crippen molar-refractivity contribution in [3.63, 3.8) is 0 Å². The van der Waals surface area contributed by atoms with E-state index in [1.54, 1.807) is 27.0 Å². The smallest absolute Gasteiger partial charge is 0.305 e. The van der Waals surface area contributed by atoms with Gasteiger partial charge in [-0.3, -0.25) is 38.3 Å². The lowest BCUT2D eigenvalue weighted by atomic mass is 10.0. The first-order chi connectivity index (χ1) is 21.6. The van der Waals surface area contributed by atoms with Crippen molar-refractivity contribution in [3.05, 3.63) is 0 Å². The Bertz CT molecular complexity index is 1090. The summed E-state index contributed by atoms with van der Waals surface area (Å²) in [7, 11) is 4.65. The Balaban J connectivity index is 3.35. The lowest BCUT2D eigenvalue weighted by molar-refractivity contribution is -0.141. The minimum absolute atomic E-state index is 0.00937. The standard InChI is InChI=1S/C26H44N6O9S5/c1-6-19(34)16-9-44-46-11-18(32-42-5)25(40)31-21(13(4)33)26(41)30-17(22(37)12(2)3)10-45-43-8-14(27)23(38)28-15(7-20(35)36)24(39)29-16/h12-18,21,32-33H,6-11,27H2,1-5H3,(H,28,38)(H,29,39)(H,30,41)(H,31,40)(H,35,36)/t13-,14+,15+,16+,17+,18+,21?/m1/s1. The Hall–Kier alpha value is -1.68. The minimum atomic E-state index is -1.50. The summed E-state index contributed by atoms with van der Waals surface area (Å²) in [6.07, 6.45) is -0.259. The van der Waals surface area contributed by atoms with Crippen molar-refractivity contribution in [1.29, 1.82) is 0 Å². The molecule has 0 spiro atoms. The van der Waals surface area contributed by atoms with E-state index in [0.717, 1.165) is 33.5 Å². The fourth-order valence-electron chi connectivity index (χ4n) is 3.77. The fraction of sp³-hybridized carbons (Fsp3) is 0.731. The molecule has 20 heteroatoms. The van der Waals surface area contributed by atoms with Gasteiger partial charge in [-0.1, -0.05) is 75.9 Å². The van der Waals surface area contributed by atoms with Crippen LogP contribution in [0.3, 0.4) is 0 Å². The van der Waals surface area contributed by atoms with Gasteiger partial charge in [0, 0.05) is 35.4 Å². The number of nitrogens with two attached hydrogens (primary N) is 1. The van der Waals surface area contributed by atoms with Crippen molar-refractivity contribution in [2.24, 2.45) is 11.7 Å². The van der Waals surface area contributed by atoms with Crippen LogP contribution in [0.4, 0.5) is 0 Å². The van der Waals surface area contributed by atoms with E-state index in [4.69, 9.17) is 5.73 Å². The van der Waals surface area contributed by atoms with Crippen molar-refractivity contribution < 1.29 is 43.8 Å². The second-order valence-corrected chi connectivity index (χ2v) is 16.3. The number of aliphatic hydroxyl groups excluding tert-OH is 1. The van der Waals surface area contributed by atoms with E-state index in [1.807, 2.05) is 0 Å². The van der Waals surface area contributed by atoms with E-state index in [9.17, 15) is 43.8 Å². The molecule has 7 atom stereocenters. The fourth-order valence-corrected chi connectivity index (χ4v) is 9.01. The summed E-state index contributed by atoms with van der Waals surface area (Å²) in [5, 5.41) is 29.8. The molecule has 1 rings (SSSR count). The first-order valence-corrected chi connectivity index (χ1v) is 20.5. The number of Topliss-reactive ketones (excluding diaryl/α,β-unsaturated/α-hetero) is 2. The molecule has 4 amide bonds. The molecule has 0 saturated carbocycles. The van der Waals surface area contributed by atoms with Crippen molar-refractivity contribution in [2.75, 3.05) is 29.3 Å². The van der Waals surface area contributed by atoms with E-state index >= 15 is 0 Å². The molecule has 1 heterocycles. The lowest BCUT2D eigenvalue weighted by Crippen LogP contribution is -2.59. The largest absolute Gasteiger partial charge is 0.481 e. The molecular formula is C26H44N6O9S5. The number of hydrogen-bond donors (Lipinski definition) is 8. The van der Waals surface area contributed by atoms with Crippen LogP contribution in [-0.4, -0.2) is 123 Å². The Labute approximate surface area is 288 Å². The predicted octanol–water partition coefficient (Wildman–Crippen LogP) is -0.675. The number of nitrogens with one attached hydrogen (secondary N) is 5. The highest BCUT2D eigenvalue weighted by Crippen LogP contribution is 2.25. The van der Waals surface area contributed by atoms with Gasteiger partial charge in [0.2, 0.25) is 23.6 Å². The summed E-state index contributed by atoms with van der Waals surface area (Å²) in [5.41, 5.74) is 6.00. The summed E-state index contributed by atoms with van der Waals surface area (Å²) in [5.74, 6) is -5.08. The molecule has 1 aliphatic rings. The molecule has 0 aromatic carbocycles. The Morgan fingerprint density at radius 3 is 1.98 bits per heavy atom. The van der Waals surface area contributed by atoms with E-state index < -0.39 is 84.3 Å². The van der Waals surface area contributed by atoms with E-state index in [-0.39, 0.29) is 41.0 Å². The quantitative estimate of drug-likeness (QED) is 0.108. The van der Waals surface area contributed by atoms with Gasteiger partial charge in [-0.2, -0.15) is 0 Å². The number of carboxylic acid groups (broad SMARTS) is 1. The van der Waals surface area contributed by atoms with Crippen molar-refractivity contribution in [1.82, 2.24) is 26.0 Å². The molecule has 1 fully saturated rings. The van der Waals surface area contributed by atoms with Crippen LogP contribution in [0, 0.1) is 5.92 Å². The van der Waals surface area contributed by atoms with Gasteiger partial charge in [0.15, 0.2) is 11.6 Å². The van der Waals surface area contributed by atoms with Gasteiger partial charge >= 0.3 is 5.97 Å². The maximum Gasteiger partial charge on any atom is 0.305 e. The molecule has 1 aliphatic heterocycles. The van der Waals surface area contributed by atoms with Crippen LogP contribution < -0.4 is 31.7 Å². The predicted molar refractivity (Wildman–Crippen MR) is 185 cm³/mol. The molecule has 0 radical (unpaired) electrons. The summed E-state index contributed by atoms with van der Waals surface area (Å²) in [4.78, 5) is 89.4. The molecule has 46 heavy (non-hydrogen) atoms. The minimum Gasteiger partial charge on any atom is -0.481 e. The van der Waals surface area contributed by atoms with Crippen LogP contribution in [0.15, 0.2) is 0 Å². The average Bonchev–Trinajstić information content (AvgIpc) is 2.99. The van der Waals surface area contributed by atoms with Gasteiger partial charge in [0.25, 0.3) is 0 Å². The van der Waals surface area contributed by atoms with Crippen LogP contribution in [0.25, 0.3) is 0 Å². The van der Waals surface area contributed by atoms with Gasteiger partial charge in [-0.25, -0.2) is 0 Å². The van der Waals surface area contributed by atoms with Crippen LogP contribution in [0.5, 0.6) is 0 Å². The average molecular weight is 745 g/mol. The number of carboxylic acids is 1. The highest BCUT2D eigenvalue weighted by atomic mass is 33.1. The maximum absolute atomic E-state index is 13.2. The van der Waals surface area contributed by atoms with Crippen LogP contribution in [0.1, 0.15) is 40.5 Å². The molecule has 0 aliphatic carbocycles. The Morgan fingerprint density at radius 1 is 0.870 bits per heavy atom. The number of rotatable bonds is 9. The summed E-state index contributed by atoms with van der Waals surface area (Å²) < 4.78 is 2.94. The third-order valence-corrected chi connectivity index (χ3v) is 11.8. The SMILES string of the molecule is CCC(=O)[C@@H]1CSSC[C@H](NSC)C(=O)NC([C@@H](C)O)C(=O)N[C@H](C(=O)C(C)C)CSSC[C@H](N)C(=O)N[C@@H](CC(=O)O)C(=O)N1. The Kier molecular flexibility index (Phi) is 20.3. The third-order valence-electron chi connectivity index (χ3n) is 6.39. The molecule has 15 nitrogen and oxygen atoms in total. The highest BCUT2D eigenvalue weighted by Gasteiger charge is 2.33. The monoisotopic (exact) mass is 744 g/mol. The number of aliphatic carboxylic acids is 1. The van der Waals surface area contributed by atoms with Gasteiger partial charge < -0.3 is 37.2 Å². The maximum atomic E-state index is 13.2. The van der Waals surface area contributed by atoms with Gasteiger partial charge in [-0.05, 0) is 13.2 Å². The summed E-state index contributed by atoms with van der Waals surface area (Å²) in [6.45, 7) is 6.28. The number of amides is 4. The molecule has 0 aromatic heterocycles. The number of ketones is 2. The third kappa shape index (κ3) is 15.0. The zero-order valence-corrected chi connectivity index (χ0v) is 30.3. The Morgan fingerprint density at radius 2 is 1.43 bits per heavy atom. The second-order valence-electron chi connectivity index (χ2n) is 10.5. The first kappa shape index (κ1) is 42.3. The van der Waals surface area contributed by atoms with E-state index in [1.165, 1.54) is 28.5 Å². The summed E-state index contributed by atoms with van der Waals surface area (Å²) in [6, 6.07) is -6.86. The lowest BCUT2D eigenvalue weighted by Gasteiger charge is -2.27. The zero-order valence-electron chi connectivity index (χ0n) is 26.2. The van der Waals surface area contributed by atoms with Gasteiger partial charge in [0.1, 0.15) is 18.1 Å². The van der Waals surface area contributed by atoms with Gasteiger partial charge in [0.05, 0.1) is 30.7 Å². The zero-order chi connectivity index (χ0) is 35.0. The molecular weight excluding hydrogens is 701 g/mol. The number of aliphatic hydroxyl groups is 1. The van der Waals surface area contributed by atoms with E-state index in [0.29, 0.717) is 0 Å². The molecule has 0 aromatic rings. The number of hydrogen-bond acceptors (Lipinski definition) is 15. The number of carbonyl (C=O) groups excluding carboxylic acids is 6. The van der Waals surface area contributed by atoms with E-state index in [2.05, 4.69) is 26.0 Å². The van der Waals surface area contributed by atoms with Crippen molar-refractivity contribution in [3.8, 4) is 0 Å². The molecule has 1 unspecified atom stereocenters. The van der Waals surface area contributed by atoms with Crippen LogP contribution in [-0.2, 0) is 33.6 Å². The summed E-state index contributed by atoms with van der Waals surface area (Å²) >= 11 is 1.16. The molecule has 1 saturated heterocycles. The van der Waals surface area contributed by atoms with Gasteiger partial charge in [-0.15, -0.1) is 0 Å². The molecule has 0 bridgehead atoms. The van der Waals surface area contributed by atoms with Crippen molar-refractivity contribution in [2.45, 2.75) is 82.9 Å². The molecule has 9 N–H and O–H groups in total. The first-order valence-electron chi connectivity index (χ1n) is 14.3. The second kappa shape index (κ2) is 22.0.